The molecule has 0 bridgehead atoms. The number of alkyl halides is 1. The quantitative estimate of drug-likeness (QED) is 0.740. The Morgan fingerprint density at radius 1 is 1.41 bits per heavy atom. The highest BCUT2D eigenvalue weighted by Crippen LogP contribution is 2.21. The van der Waals surface area contributed by atoms with Gasteiger partial charge in [0, 0.05) is 18.4 Å². The van der Waals surface area contributed by atoms with E-state index in [0.29, 0.717) is 31.4 Å². The molecule has 1 aliphatic rings. The van der Waals surface area contributed by atoms with Crippen LogP contribution in [0.2, 0.25) is 0 Å². The first-order valence-corrected chi connectivity index (χ1v) is 8.63. The standard InChI is InChI=1S/C11H22BrNO3S/c1-11(2,3)4-7-17(14,15)13-5-6-16-10(8-12)9-13/h10H,4-9H2,1-3H3. The minimum Gasteiger partial charge on any atom is -0.375 e. The molecule has 102 valence electrons. The van der Waals surface area contributed by atoms with Gasteiger partial charge in [-0.15, -0.1) is 0 Å². The van der Waals surface area contributed by atoms with Gasteiger partial charge < -0.3 is 4.74 Å². The molecule has 6 heteroatoms. The van der Waals surface area contributed by atoms with Crippen LogP contribution in [0.25, 0.3) is 0 Å². The fourth-order valence-electron chi connectivity index (χ4n) is 1.60. The van der Waals surface area contributed by atoms with Crippen LogP contribution in [0.15, 0.2) is 0 Å². The van der Waals surface area contributed by atoms with E-state index in [1.807, 2.05) is 0 Å². The third kappa shape index (κ3) is 5.24. The van der Waals surface area contributed by atoms with Crippen LogP contribution in [-0.2, 0) is 14.8 Å². The summed E-state index contributed by atoms with van der Waals surface area (Å²) in [5, 5.41) is 0.679. The van der Waals surface area contributed by atoms with E-state index in [4.69, 9.17) is 4.74 Å². The number of hydrogen-bond donors (Lipinski definition) is 0. The van der Waals surface area contributed by atoms with E-state index in [9.17, 15) is 8.42 Å². The SMILES string of the molecule is CC(C)(C)CCS(=O)(=O)N1CCOC(CBr)C1. The molecule has 0 amide bonds. The van der Waals surface area contributed by atoms with Crippen molar-refractivity contribution < 1.29 is 13.2 Å². The van der Waals surface area contributed by atoms with Gasteiger partial charge in [0.2, 0.25) is 10.0 Å². The Kier molecular flexibility index (Phi) is 5.43. The van der Waals surface area contributed by atoms with Gasteiger partial charge in [-0.05, 0) is 11.8 Å². The Bertz CT molecular complexity index is 337. The van der Waals surface area contributed by atoms with Crippen molar-refractivity contribution in [3.05, 3.63) is 0 Å². The average molecular weight is 328 g/mol. The summed E-state index contributed by atoms with van der Waals surface area (Å²) in [4.78, 5) is 0. The summed E-state index contributed by atoms with van der Waals surface area (Å²) >= 11 is 3.33. The highest BCUT2D eigenvalue weighted by molar-refractivity contribution is 9.09. The molecule has 17 heavy (non-hydrogen) atoms. The van der Waals surface area contributed by atoms with E-state index in [0.717, 1.165) is 0 Å². The molecule has 1 atom stereocenters. The molecule has 0 saturated carbocycles. The Labute approximate surface area is 113 Å². The first kappa shape index (κ1) is 15.4. The number of nitrogens with zero attached hydrogens (tertiary/aromatic N) is 1. The molecule has 0 aliphatic carbocycles. The van der Waals surface area contributed by atoms with Crippen molar-refractivity contribution in [3.63, 3.8) is 0 Å². The van der Waals surface area contributed by atoms with Crippen molar-refractivity contribution in [2.24, 2.45) is 5.41 Å². The maximum Gasteiger partial charge on any atom is 0.214 e. The molecule has 1 heterocycles. The second-order valence-electron chi connectivity index (χ2n) is 5.63. The fraction of sp³-hybridized carbons (Fsp3) is 1.00. The molecular formula is C11H22BrNO3S. The van der Waals surface area contributed by atoms with Crippen LogP contribution in [0.1, 0.15) is 27.2 Å². The molecule has 1 rings (SSSR count). The summed E-state index contributed by atoms with van der Waals surface area (Å²) in [5.74, 6) is 0.228. The van der Waals surface area contributed by atoms with Crippen molar-refractivity contribution in [2.75, 3.05) is 30.8 Å². The normalized spacial score (nSPS) is 23.9. The van der Waals surface area contributed by atoms with E-state index < -0.39 is 10.0 Å². The topological polar surface area (TPSA) is 46.6 Å². The van der Waals surface area contributed by atoms with E-state index >= 15 is 0 Å². The smallest absolute Gasteiger partial charge is 0.214 e. The summed E-state index contributed by atoms with van der Waals surface area (Å²) in [6, 6.07) is 0. The molecule has 1 unspecified atom stereocenters. The van der Waals surface area contributed by atoms with Gasteiger partial charge in [0.05, 0.1) is 18.5 Å². The predicted molar refractivity (Wildman–Crippen MR) is 73.0 cm³/mol. The Morgan fingerprint density at radius 3 is 2.59 bits per heavy atom. The minimum absolute atomic E-state index is 0.0202. The molecule has 0 aromatic rings. The molecule has 0 N–H and O–H groups in total. The summed E-state index contributed by atoms with van der Waals surface area (Å²) in [7, 11) is -3.13. The highest BCUT2D eigenvalue weighted by Gasteiger charge is 2.29. The average Bonchev–Trinajstić information content (AvgIpc) is 2.26. The van der Waals surface area contributed by atoms with Crippen molar-refractivity contribution in [3.8, 4) is 0 Å². The lowest BCUT2D eigenvalue weighted by Gasteiger charge is -2.32. The van der Waals surface area contributed by atoms with Gasteiger partial charge >= 0.3 is 0 Å². The molecule has 0 spiro atoms. The third-order valence-corrected chi connectivity index (χ3v) is 5.34. The lowest BCUT2D eigenvalue weighted by atomic mass is 9.94. The lowest BCUT2D eigenvalue weighted by Crippen LogP contribution is -2.47. The number of sulfonamides is 1. The van der Waals surface area contributed by atoms with Crippen molar-refractivity contribution in [2.45, 2.75) is 33.3 Å². The van der Waals surface area contributed by atoms with Gasteiger partial charge in [-0.25, -0.2) is 8.42 Å². The highest BCUT2D eigenvalue weighted by atomic mass is 79.9. The van der Waals surface area contributed by atoms with E-state index in [-0.39, 0.29) is 17.3 Å². The Hall–Kier alpha value is 0.350. The molecule has 1 fully saturated rings. The molecule has 0 aromatic heterocycles. The Morgan fingerprint density at radius 2 is 2.06 bits per heavy atom. The van der Waals surface area contributed by atoms with Crippen LogP contribution in [0, 0.1) is 5.41 Å². The molecule has 1 saturated heterocycles. The monoisotopic (exact) mass is 327 g/mol. The summed E-state index contributed by atoms with van der Waals surface area (Å²) in [5.41, 5.74) is 0.0498. The van der Waals surface area contributed by atoms with Crippen LogP contribution < -0.4 is 0 Å². The maximum absolute atomic E-state index is 12.1. The first-order chi connectivity index (χ1) is 7.74. The van der Waals surface area contributed by atoms with Gasteiger partial charge in [-0.1, -0.05) is 36.7 Å². The minimum atomic E-state index is -3.13. The van der Waals surface area contributed by atoms with Crippen LogP contribution >= 0.6 is 15.9 Å². The number of hydrogen-bond acceptors (Lipinski definition) is 3. The van der Waals surface area contributed by atoms with E-state index in [2.05, 4.69) is 36.7 Å². The maximum atomic E-state index is 12.1. The molecule has 4 nitrogen and oxygen atoms in total. The number of morpholine rings is 1. The van der Waals surface area contributed by atoms with Crippen LogP contribution in [-0.4, -0.2) is 49.6 Å². The van der Waals surface area contributed by atoms with Gasteiger partial charge in [0.25, 0.3) is 0 Å². The Balaban J connectivity index is 2.57. The summed E-state index contributed by atoms with van der Waals surface area (Å²) in [6.45, 7) is 7.62. The van der Waals surface area contributed by atoms with Gasteiger partial charge in [0.15, 0.2) is 0 Å². The molecular weight excluding hydrogens is 306 g/mol. The zero-order valence-corrected chi connectivity index (χ0v) is 13.2. The molecule has 0 radical (unpaired) electrons. The lowest BCUT2D eigenvalue weighted by molar-refractivity contribution is 0.0136. The number of rotatable bonds is 4. The van der Waals surface area contributed by atoms with Crippen LogP contribution in [0.3, 0.4) is 0 Å². The van der Waals surface area contributed by atoms with Crippen LogP contribution in [0.5, 0.6) is 0 Å². The van der Waals surface area contributed by atoms with Gasteiger partial charge in [-0.2, -0.15) is 4.31 Å². The van der Waals surface area contributed by atoms with Gasteiger partial charge in [-0.3, -0.25) is 0 Å². The zero-order valence-electron chi connectivity index (χ0n) is 10.8. The summed E-state index contributed by atoms with van der Waals surface area (Å²) < 4.78 is 31.3. The van der Waals surface area contributed by atoms with Gasteiger partial charge in [0.1, 0.15) is 0 Å². The molecule has 1 aliphatic heterocycles. The number of halogens is 1. The second-order valence-corrected chi connectivity index (χ2v) is 8.37. The van der Waals surface area contributed by atoms with Crippen molar-refractivity contribution >= 4 is 26.0 Å². The van der Waals surface area contributed by atoms with Crippen molar-refractivity contribution in [1.29, 1.82) is 0 Å². The predicted octanol–water partition coefficient (Wildman–Crippen LogP) is 1.85. The largest absolute Gasteiger partial charge is 0.375 e. The van der Waals surface area contributed by atoms with E-state index in [1.54, 1.807) is 4.31 Å². The van der Waals surface area contributed by atoms with E-state index in [1.165, 1.54) is 0 Å². The molecule has 0 aromatic carbocycles. The third-order valence-electron chi connectivity index (χ3n) is 2.78. The van der Waals surface area contributed by atoms with Crippen LogP contribution in [0.4, 0.5) is 0 Å². The zero-order chi connectivity index (χ0) is 13.1. The first-order valence-electron chi connectivity index (χ1n) is 5.90. The summed E-state index contributed by atoms with van der Waals surface area (Å²) in [6.07, 6.45) is 0.666. The van der Waals surface area contributed by atoms with Crippen molar-refractivity contribution in [1.82, 2.24) is 4.31 Å². The number of ether oxygens (including phenoxy) is 1. The second kappa shape index (κ2) is 5.99. The fourth-order valence-corrected chi connectivity index (χ4v) is 3.87.